The molecule has 2 atom stereocenters. The van der Waals surface area contributed by atoms with Gasteiger partial charge in [-0.2, -0.15) is 4.57 Å². The SMILES string of the molecule is C[C@H]1CC[C@H]2C/C(OP(=O)(Oc3ccccc3)Oc3ccccc3)=C\CC(C)(C)/C=C\21. The quantitative estimate of drug-likeness (QED) is 0.339. The van der Waals surface area contributed by atoms with E-state index >= 15 is 0 Å². The van der Waals surface area contributed by atoms with E-state index in [0.717, 1.165) is 12.8 Å². The Bertz CT molecular complexity index is 949. The highest BCUT2D eigenvalue weighted by atomic mass is 31.2. The standard InChI is InChI=1S/C26H31O4P/c1-20-14-15-21-18-24(16-17-26(2,3)19-25(20)21)30-31(27,28-22-10-6-4-7-11-22)29-23-12-8-5-9-13-23/h4-13,16,19-21H,14-15,17-18H2,1-3H3/b24-16+,25-19-/t20-,21-/m0/s1. The van der Waals surface area contributed by atoms with E-state index in [0.29, 0.717) is 35.5 Å². The third-order valence-corrected chi connectivity index (χ3v) is 7.33. The molecule has 2 aliphatic carbocycles. The van der Waals surface area contributed by atoms with Crippen molar-refractivity contribution >= 4 is 7.82 Å². The van der Waals surface area contributed by atoms with Crippen LogP contribution in [0.15, 0.2) is 84.1 Å². The van der Waals surface area contributed by atoms with Crippen LogP contribution in [0.5, 0.6) is 11.5 Å². The minimum absolute atomic E-state index is 0.0196. The fourth-order valence-electron chi connectivity index (χ4n) is 4.38. The summed E-state index contributed by atoms with van der Waals surface area (Å²) in [5.41, 5.74) is 1.52. The first-order valence-corrected chi connectivity index (χ1v) is 12.5. The molecule has 0 amide bonds. The molecule has 0 spiro atoms. The van der Waals surface area contributed by atoms with Crippen molar-refractivity contribution in [1.29, 1.82) is 0 Å². The molecule has 1 fully saturated rings. The molecule has 2 aromatic carbocycles. The van der Waals surface area contributed by atoms with Crippen LogP contribution in [0.1, 0.15) is 46.5 Å². The van der Waals surface area contributed by atoms with Crippen LogP contribution < -0.4 is 9.05 Å². The molecule has 164 valence electrons. The molecule has 0 aromatic heterocycles. The van der Waals surface area contributed by atoms with E-state index in [1.54, 1.807) is 24.3 Å². The van der Waals surface area contributed by atoms with E-state index < -0.39 is 7.82 Å². The number of hydrogen-bond donors (Lipinski definition) is 0. The Kier molecular flexibility index (Phi) is 6.29. The molecule has 4 nitrogen and oxygen atoms in total. The lowest BCUT2D eigenvalue weighted by molar-refractivity contribution is 0.242. The van der Waals surface area contributed by atoms with Gasteiger partial charge < -0.3 is 13.6 Å². The number of phosphoric acid groups is 1. The van der Waals surface area contributed by atoms with Gasteiger partial charge in [-0.25, -0.2) is 0 Å². The summed E-state index contributed by atoms with van der Waals surface area (Å²) in [6.07, 6.45) is 8.33. The maximum atomic E-state index is 13.8. The number of fused-ring (bicyclic) bond motifs is 1. The van der Waals surface area contributed by atoms with Crippen LogP contribution in [-0.4, -0.2) is 0 Å². The third-order valence-electron chi connectivity index (χ3n) is 6.00. The second-order valence-corrected chi connectivity index (χ2v) is 10.7. The lowest BCUT2D eigenvalue weighted by atomic mass is 9.80. The molecule has 31 heavy (non-hydrogen) atoms. The van der Waals surface area contributed by atoms with Gasteiger partial charge >= 0.3 is 7.82 Å². The molecule has 0 aliphatic heterocycles. The normalized spacial score (nSPS) is 26.3. The van der Waals surface area contributed by atoms with Gasteiger partial charge in [0.05, 0.1) is 0 Å². The summed E-state index contributed by atoms with van der Waals surface area (Å²) in [7, 11) is -3.95. The second-order valence-electron chi connectivity index (χ2n) is 9.23. The van der Waals surface area contributed by atoms with Crippen LogP contribution >= 0.6 is 7.82 Å². The highest BCUT2D eigenvalue weighted by molar-refractivity contribution is 7.49. The average Bonchev–Trinajstić information content (AvgIpc) is 3.05. The van der Waals surface area contributed by atoms with E-state index in [9.17, 15) is 4.57 Å². The van der Waals surface area contributed by atoms with Gasteiger partial charge in [-0.1, -0.05) is 68.8 Å². The molecule has 0 bridgehead atoms. The smallest absolute Gasteiger partial charge is 0.391 e. The van der Waals surface area contributed by atoms with Crippen LogP contribution in [0.3, 0.4) is 0 Å². The van der Waals surface area contributed by atoms with Crippen molar-refractivity contribution in [2.45, 2.75) is 46.5 Å². The first-order valence-electron chi connectivity index (χ1n) is 11.0. The third kappa shape index (κ3) is 5.62. The van der Waals surface area contributed by atoms with Gasteiger partial charge in [-0.15, -0.1) is 0 Å². The van der Waals surface area contributed by atoms with Crippen molar-refractivity contribution in [3.05, 3.63) is 84.1 Å². The van der Waals surface area contributed by atoms with Gasteiger partial charge in [0, 0.05) is 6.42 Å². The Hall–Kier alpha value is -2.45. The van der Waals surface area contributed by atoms with Crippen LogP contribution in [0.2, 0.25) is 0 Å². The number of rotatable bonds is 6. The Morgan fingerprint density at radius 3 is 2.03 bits per heavy atom. The van der Waals surface area contributed by atoms with Gasteiger partial charge in [0.25, 0.3) is 0 Å². The largest absolute Gasteiger partial charge is 0.646 e. The van der Waals surface area contributed by atoms with E-state index in [-0.39, 0.29) is 5.41 Å². The number of allylic oxidation sites excluding steroid dienone is 4. The Morgan fingerprint density at radius 1 is 0.871 bits per heavy atom. The van der Waals surface area contributed by atoms with Crippen LogP contribution in [0.25, 0.3) is 0 Å². The van der Waals surface area contributed by atoms with Crippen LogP contribution in [-0.2, 0) is 9.09 Å². The molecule has 0 radical (unpaired) electrons. The molecule has 0 heterocycles. The van der Waals surface area contributed by atoms with E-state index in [2.05, 4.69) is 32.9 Å². The van der Waals surface area contributed by atoms with E-state index in [4.69, 9.17) is 13.6 Å². The molecular weight excluding hydrogens is 407 g/mol. The highest BCUT2D eigenvalue weighted by Crippen LogP contribution is 2.54. The van der Waals surface area contributed by atoms with E-state index in [1.807, 2.05) is 36.4 Å². The Labute approximate surface area is 185 Å². The number of benzene rings is 2. The summed E-state index contributed by atoms with van der Waals surface area (Å²) in [6.45, 7) is 6.78. The van der Waals surface area contributed by atoms with Crippen molar-refractivity contribution in [3.8, 4) is 11.5 Å². The summed E-state index contributed by atoms with van der Waals surface area (Å²) in [4.78, 5) is 0. The zero-order valence-electron chi connectivity index (χ0n) is 18.5. The topological polar surface area (TPSA) is 44.8 Å². The van der Waals surface area contributed by atoms with Crippen molar-refractivity contribution in [1.82, 2.24) is 0 Å². The maximum absolute atomic E-state index is 13.8. The average molecular weight is 439 g/mol. The molecule has 5 heteroatoms. The Morgan fingerprint density at radius 2 is 1.45 bits per heavy atom. The molecule has 4 rings (SSSR count). The molecule has 0 saturated heterocycles. The molecule has 1 saturated carbocycles. The summed E-state index contributed by atoms with van der Waals surface area (Å²) in [5, 5.41) is 0. The fraction of sp³-hybridized carbons (Fsp3) is 0.385. The molecule has 0 N–H and O–H groups in total. The predicted molar refractivity (Wildman–Crippen MR) is 124 cm³/mol. The van der Waals surface area contributed by atoms with Gasteiger partial charge in [0.15, 0.2) is 0 Å². The minimum atomic E-state index is -3.95. The maximum Gasteiger partial charge on any atom is 0.646 e. The first kappa shape index (κ1) is 21.8. The fourth-order valence-corrected chi connectivity index (χ4v) is 5.68. The predicted octanol–water partition coefficient (Wildman–Crippen LogP) is 7.95. The zero-order chi connectivity index (χ0) is 21.9. The summed E-state index contributed by atoms with van der Waals surface area (Å²) in [6, 6.07) is 18.1. The highest BCUT2D eigenvalue weighted by Gasteiger charge is 2.37. The second kappa shape index (κ2) is 8.96. The van der Waals surface area contributed by atoms with Crippen molar-refractivity contribution in [2.24, 2.45) is 17.3 Å². The van der Waals surface area contributed by atoms with Crippen molar-refractivity contribution in [2.75, 3.05) is 0 Å². The summed E-state index contributed by atoms with van der Waals surface area (Å²) >= 11 is 0. The van der Waals surface area contributed by atoms with Crippen molar-refractivity contribution < 1.29 is 18.1 Å². The first-order chi connectivity index (χ1) is 14.8. The van der Waals surface area contributed by atoms with Crippen LogP contribution in [0, 0.1) is 17.3 Å². The monoisotopic (exact) mass is 438 g/mol. The lowest BCUT2D eigenvalue weighted by Crippen LogP contribution is -2.16. The number of hydrogen-bond acceptors (Lipinski definition) is 4. The lowest BCUT2D eigenvalue weighted by Gasteiger charge is -2.28. The van der Waals surface area contributed by atoms with Crippen LogP contribution in [0.4, 0.5) is 0 Å². The van der Waals surface area contributed by atoms with Gasteiger partial charge in [0.2, 0.25) is 0 Å². The Balaban J connectivity index is 1.62. The van der Waals surface area contributed by atoms with Crippen molar-refractivity contribution in [3.63, 3.8) is 0 Å². The summed E-state index contributed by atoms with van der Waals surface area (Å²) in [5.74, 6) is 2.57. The van der Waals surface area contributed by atoms with Gasteiger partial charge in [-0.3, -0.25) is 0 Å². The minimum Gasteiger partial charge on any atom is -0.391 e. The van der Waals surface area contributed by atoms with E-state index in [1.165, 1.54) is 12.0 Å². The molecule has 2 aromatic rings. The van der Waals surface area contributed by atoms with Gasteiger partial charge in [0.1, 0.15) is 17.3 Å². The van der Waals surface area contributed by atoms with Gasteiger partial charge in [-0.05, 0) is 66.9 Å². The molecular formula is C26H31O4P. The zero-order valence-corrected chi connectivity index (χ0v) is 19.4. The number of para-hydroxylation sites is 2. The molecule has 0 unspecified atom stereocenters. The number of phosphoric ester groups is 1. The molecule has 2 aliphatic rings. The summed E-state index contributed by atoms with van der Waals surface area (Å²) < 4.78 is 31.6.